The number of nitrogens with one attached hydrogen (secondary N) is 1. The van der Waals surface area contributed by atoms with Crippen molar-refractivity contribution >= 4 is 0 Å². The van der Waals surface area contributed by atoms with E-state index in [2.05, 4.69) is 68.2 Å². The molecule has 2 nitrogen and oxygen atoms in total. The smallest absolute Gasteiger partial charge is 0.0535 e. The third-order valence-corrected chi connectivity index (χ3v) is 4.76. The first-order valence-corrected chi connectivity index (χ1v) is 7.53. The van der Waals surface area contributed by atoms with E-state index in [4.69, 9.17) is 0 Å². The van der Waals surface area contributed by atoms with Crippen molar-refractivity contribution in [2.24, 2.45) is 0 Å². The van der Waals surface area contributed by atoms with Crippen molar-refractivity contribution < 1.29 is 0 Å². The molecule has 1 aromatic rings. The minimum Gasteiger partial charge on any atom is -0.307 e. The van der Waals surface area contributed by atoms with Crippen LogP contribution in [0.1, 0.15) is 46.1 Å². The number of rotatable bonds is 3. The van der Waals surface area contributed by atoms with Crippen molar-refractivity contribution in [3.05, 3.63) is 35.9 Å². The topological polar surface area (TPSA) is 15.3 Å². The van der Waals surface area contributed by atoms with Crippen LogP contribution in [-0.2, 0) is 5.54 Å². The molecule has 0 radical (unpaired) electrons. The van der Waals surface area contributed by atoms with E-state index in [9.17, 15) is 0 Å². The monoisotopic (exact) mass is 260 g/mol. The van der Waals surface area contributed by atoms with Gasteiger partial charge in [0.25, 0.3) is 0 Å². The molecule has 1 atom stereocenters. The van der Waals surface area contributed by atoms with Gasteiger partial charge >= 0.3 is 0 Å². The second-order valence-electron chi connectivity index (χ2n) is 6.57. The second kappa shape index (κ2) is 5.64. The van der Waals surface area contributed by atoms with Gasteiger partial charge in [-0.05, 0) is 52.3 Å². The number of hydrogen-bond acceptors (Lipinski definition) is 2. The summed E-state index contributed by atoms with van der Waals surface area (Å²) in [5.41, 5.74) is 1.74. The molecule has 106 valence electrons. The lowest BCUT2D eigenvalue weighted by molar-refractivity contribution is 0.0934. The van der Waals surface area contributed by atoms with Gasteiger partial charge in [-0.25, -0.2) is 0 Å². The fraction of sp³-hybridized carbons (Fsp3) is 0.647. The third-order valence-electron chi connectivity index (χ3n) is 4.76. The Hall–Kier alpha value is -0.860. The van der Waals surface area contributed by atoms with Crippen LogP contribution in [0.4, 0.5) is 0 Å². The predicted molar refractivity (Wildman–Crippen MR) is 82.4 cm³/mol. The van der Waals surface area contributed by atoms with Gasteiger partial charge in [0.05, 0.1) is 5.54 Å². The van der Waals surface area contributed by atoms with E-state index in [1.54, 1.807) is 0 Å². The second-order valence-corrected chi connectivity index (χ2v) is 6.57. The molecule has 1 aliphatic rings. The summed E-state index contributed by atoms with van der Waals surface area (Å²) in [4.78, 5) is 2.65. The fourth-order valence-electron chi connectivity index (χ4n) is 2.89. The molecule has 2 heteroatoms. The van der Waals surface area contributed by atoms with Crippen LogP contribution in [-0.4, -0.2) is 30.1 Å². The Morgan fingerprint density at radius 2 is 1.95 bits per heavy atom. The predicted octanol–water partition coefficient (Wildman–Crippen LogP) is 3.39. The summed E-state index contributed by atoms with van der Waals surface area (Å²) in [6.07, 6.45) is 2.42. The molecule has 1 aromatic carbocycles. The molecule has 0 aromatic heterocycles. The Bertz CT molecular complexity index is 399. The molecule has 19 heavy (non-hydrogen) atoms. The first kappa shape index (κ1) is 14.5. The highest BCUT2D eigenvalue weighted by Gasteiger charge is 2.35. The number of benzene rings is 1. The highest BCUT2D eigenvalue weighted by atomic mass is 15.2. The van der Waals surface area contributed by atoms with Gasteiger partial charge < -0.3 is 5.32 Å². The maximum absolute atomic E-state index is 3.76. The third kappa shape index (κ3) is 3.18. The molecule has 0 spiro atoms. The lowest BCUT2D eigenvalue weighted by atomic mass is 9.89. The summed E-state index contributed by atoms with van der Waals surface area (Å²) in [5.74, 6) is 0. The lowest BCUT2D eigenvalue weighted by Gasteiger charge is -2.42. The summed E-state index contributed by atoms with van der Waals surface area (Å²) in [6.45, 7) is 12.7. The van der Waals surface area contributed by atoms with E-state index in [1.807, 2.05) is 0 Å². The van der Waals surface area contributed by atoms with Crippen LogP contribution in [0.3, 0.4) is 0 Å². The summed E-state index contributed by atoms with van der Waals surface area (Å²) in [6, 6.07) is 10.9. The van der Waals surface area contributed by atoms with E-state index in [0.29, 0.717) is 0 Å². The minimum absolute atomic E-state index is 0.0597. The summed E-state index contributed by atoms with van der Waals surface area (Å²) in [7, 11) is 0. The zero-order valence-electron chi connectivity index (χ0n) is 12.9. The lowest BCUT2D eigenvalue weighted by Crippen LogP contribution is -2.52. The summed E-state index contributed by atoms with van der Waals surface area (Å²) >= 11 is 0. The standard InChI is InChI=1S/C17H28N2/c1-5-16(2,3)19-13-9-12-18-17(4,14-19)15-10-7-6-8-11-15/h6-8,10-11,18H,5,9,12-14H2,1-4H3. The molecule has 1 N–H and O–H groups in total. The zero-order chi connectivity index (χ0) is 13.9. The SMILES string of the molecule is CCC(C)(C)N1CCCNC(C)(c2ccccc2)C1. The molecule has 0 saturated carbocycles. The molecule has 1 aliphatic heterocycles. The Morgan fingerprint density at radius 1 is 1.26 bits per heavy atom. The Labute approximate surface area is 118 Å². The molecule has 1 unspecified atom stereocenters. The Morgan fingerprint density at radius 3 is 2.58 bits per heavy atom. The van der Waals surface area contributed by atoms with Gasteiger partial charge in [-0.1, -0.05) is 37.3 Å². The van der Waals surface area contributed by atoms with Crippen molar-refractivity contribution in [2.75, 3.05) is 19.6 Å². The molecule has 1 heterocycles. The van der Waals surface area contributed by atoms with Gasteiger partial charge in [-0.2, -0.15) is 0 Å². The average molecular weight is 260 g/mol. The molecule has 0 bridgehead atoms. The van der Waals surface area contributed by atoms with Gasteiger partial charge in [-0.15, -0.1) is 0 Å². The molecule has 1 fully saturated rings. The van der Waals surface area contributed by atoms with E-state index >= 15 is 0 Å². The van der Waals surface area contributed by atoms with Crippen LogP contribution in [0, 0.1) is 0 Å². The van der Waals surface area contributed by atoms with Gasteiger partial charge in [-0.3, -0.25) is 4.90 Å². The minimum atomic E-state index is 0.0597. The Balaban J connectivity index is 2.26. The van der Waals surface area contributed by atoms with Crippen molar-refractivity contribution in [1.29, 1.82) is 0 Å². The normalized spacial score (nSPS) is 26.1. The van der Waals surface area contributed by atoms with Crippen LogP contribution < -0.4 is 5.32 Å². The molecular weight excluding hydrogens is 232 g/mol. The van der Waals surface area contributed by atoms with Crippen LogP contribution in [0.15, 0.2) is 30.3 Å². The van der Waals surface area contributed by atoms with Crippen molar-refractivity contribution in [1.82, 2.24) is 10.2 Å². The van der Waals surface area contributed by atoms with Crippen molar-refractivity contribution in [3.63, 3.8) is 0 Å². The van der Waals surface area contributed by atoms with Crippen LogP contribution in [0.2, 0.25) is 0 Å². The van der Waals surface area contributed by atoms with Gasteiger partial charge in [0.2, 0.25) is 0 Å². The van der Waals surface area contributed by atoms with Crippen molar-refractivity contribution in [3.8, 4) is 0 Å². The van der Waals surface area contributed by atoms with Crippen molar-refractivity contribution in [2.45, 2.75) is 51.6 Å². The Kier molecular flexibility index (Phi) is 4.32. The first-order valence-electron chi connectivity index (χ1n) is 7.53. The summed E-state index contributed by atoms with van der Waals surface area (Å²) < 4.78 is 0. The molecule has 1 saturated heterocycles. The van der Waals surface area contributed by atoms with E-state index in [-0.39, 0.29) is 11.1 Å². The van der Waals surface area contributed by atoms with E-state index in [0.717, 1.165) is 13.1 Å². The number of nitrogens with zero attached hydrogens (tertiary/aromatic N) is 1. The summed E-state index contributed by atoms with van der Waals surface area (Å²) in [5, 5.41) is 3.76. The highest BCUT2D eigenvalue weighted by Crippen LogP contribution is 2.29. The maximum atomic E-state index is 3.76. The van der Waals surface area contributed by atoms with Crippen LogP contribution in [0.5, 0.6) is 0 Å². The quantitative estimate of drug-likeness (QED) is 0.896. The van der Waals surface area contributed by atoms with Gasteiger partial charge in [0, 0.05) is 12.1 Å². The van der Waals surface area contributed by atoms with Crippen LogP contribution in [0.25, 0.3) is 0 Å². The zero-order valence-corrected chi connectivity index (χ0v) is 12.9. The largest absolute Gasteiger partial charge is 0.307 e. The van der Waals surface area contributed by atoms with Gasteiger partial charge in [0.15, 0.2) is 0 Å². The highest BCUT2D eigenvalue weighted by molar-refractivity contribution is 5.24. The van der Waals surface area contributed by atoms with Gasteiger partial charge in [0.1, 0.15) is 0 Å². The average Bonchev–Trinajstić information content (AvgIpc) is 2.63. The molecule has 0 amide bonds. The van der Waals surface area contributed by atoms with E-state index in [1.165, 1.54) is 24.9 Å². The first-order chi connectivity index (χ1) is 8.98. The molecule has 0 aliphatic carbocycles. The molecular formula is C17H28N2. The number of hydrogen-bond donors (Lipinski definition) is 1. The fourth-order valence-corrected chi connectivity index (χ4v) is 2.89. The maximum Gasteiger partial charge on any atom is 0.0535 e. The van der Waals surface area contributed by atoms with E-state index < -0.39 is 0 Å². The van der Waals surface area contributed by atoms with Crippen LogP contribution >= 0.6 is 0 Å². The molecule has 2 rings (SSSR count).